The van der Waals surface area contributed by atoms with Crippen LogP contribution in [0.15, 0.2) is 48.5 Å². The number of benzene rings is 2. The molecule has 1 aliphatic heterocycles. The van der Waals surface area contributed by atoms with E-state index in [1.807, 2.05) is 12.1 Å². The van der Waals surface area contributed by atoms with Gasteiger partial charge in [-0.25, -0.2) is 14.4 Å². The molecule has 1 aromatic heterocycles. The second-order valence-electron chi connectivity index (χ2n) is 6.87. The summed E-state index contributed by atoms with van der Waals surface area (Å²) in [7, 11) is 0. The van der Waals surface area contributed by atoms with Crippen LogP contribution in [0.1, 0.15) is 35.3 Å². The van der Waals surface area contributed by atoms with E-state index in [0.717, 1.165) is 24.8 Å². The molecule has 2 heterocycles. The molecule has 1 aliphatic rings. The van der Waals surface area contributed by atoms with E-state index in [1.165, 1.54) is 12.1 Å². The number of hydrogen-bond donors (Lipinski definition) is 1. The molecule has 3 aromatic rings. The molecule has 1 amide bonds. The lowest BCUT2D eigenvalue weighted by Crippen LogP contribution is -2.45. The van der Waals surface area contributed by atoms with Crippen LogP contribution in [-0.4, -0.2) is 38.5 Å². The summed E-state index contributed by atoms with van der Waals surface area (Å²) in [5.41, 5.74) is 1.94. The van der Waals surface area contributed by atoms with Crippen LogP contribution < -0.4 is 0 Å². The Bertz CT molecular complexity index is 992. The number of likely N-dealkylation sites (tertiary alicyclic amines) is 1. The number of carbonyl (C=O) groups is 1. The maximum Gasteiger partial charge on any atom is 0.278 e. The second kappa shape index (κ2) is 7.31. The van der Waals surface area contributed by atoms with Gasteiger partial charge in [-0.05, 0) is 55.5 Å². The summed E-state index contributed by atoms with van der Waals surface area (Å²) >= 11 is 0. The molecule has 0 spiro atoms. The van der Waals surface area contributed by atoms with E-state index >= 15 is 0 Å². The van der Waals surface area contributed by atoms with Gasteiger partial charge in [-0.3, -0.25) is 4.79 Å². The molecule has 5 nitrogen and oxygen atoms in total. The minimum absolute atomic E-state index is 0.0279. The fourth-order valence-electron chi connectivity index (χ4n) is 3.69. The molecule has 0 aliphatic carbocycles. The third kappa shape index (κ3) is 3.60. The third-order valence-electron chi connectivity index (χ3n) is 5.00. The lowest BCUT2D eigenvalue weighted by Gasteiger charge is -2.35. The maximum atomic E-state index is 13.5. The van der Waals surface area contributed by atoms with E-state index in [0.29, 0.717) is 24.0 Å². The normalized spacial score (nSPS) is 17.2. The van der Waals surface area contributed by atoms with Crippen molar-refractivity contribution in [1.29, 1.82) is 0 Å². The summed E-state index contributed by atoms with van der Waals surface area (Å²) in [5, 5.41) is 10.3. The largest absolute Gasteiger partial charge is 0.492 e. The number of halogens is 1. The molecule has 27 heavy (non-hydrogen) atoms. The molecule has 1 N–H and O–H groups in total. The van der Waals surface area contributed by atoms with Crippen LogP contribution in [0.3, 0.4) is 0 Å². The predicted octanol–water partition coefficient (Wildman–Crippen LogP) is 3.71. The van der Waals surface area contributed by atoms with Gasteiger partial charge >= 0.3 is 0 Å². The van der Waals surface area contributed by atoms with Gasteiger partial charge in [-0.2, -0.15) is 0 Å². The molecule has 1 unspecified atom stereocenters. The smallest absolute Gasteiger partial charge is 0.278 e. The number of nitrogens with zero attached hydrogens (tertiary/aromatic N) is 3. The number of carbonyl (C=O) groups excluding carboxylic acids is 1. The highest BCUT2D eigenvalue weighted by Crippen LogP contribution is 2.26. The molecule has 4 rings (SSSR count). The van der Waals surface area contributed by atoms with Crippen molar-refractivity contribution in [2.24, 2.45) is 0 Å². The maximum absolute atomic E-state index is 13.5. The second-order valence-corrected chi connectivity index (χ2v) is 6.87. The van der Waals surface area contributed by atoms with Gasteiger partial charge in [-0.15, -0.1) is 0 Å². The van der Waals surface area contributed by atoms with Gasteiger partial charge in [0.05, 0.1) is 11.0 Å². The first-order valence-corrected chi connectivity index (χ1v) is 9.13. The summed E-state index contributed by atoms with van der Waals surface area (Å²) in [6.45, 7) is 0.590. The van der Waals surface area contributed by atoms with E-state index in [4.69, 9.17) is 0 Å². The van der Waals surface area contributed by atoms with E-state index < -0.39 is 0 Å². The van der Waals surface area contributed by atoms with Crippen molar-refractivity contribution in [2.45, 2.75) is 31.7 Å². The Hall–Kier alpha value is -3.02. The zero-order valence-electron chi connectivity index (χ0n) is 14.8. The Morgan fingerprint density at radius 2 is 1.89 bits per heavy atom. The zero-order chi connectivity index (χ0) is 18.8. The molecule has 1 saturated heterocycles. The highest BCUT2D eigenvalue weighted by atomic mass is 19.1. The Balaban J connectivity index is 1.63. The lowest BCUT2D eigenvalue weighted by atomic mass is 9.95. The highest BCUT2D eigenvalue weighted by Gasteiger charge is 2.30. The summed E-state index contributed by atoms with van der Waals surface area (Å²) in [6.07, 6.45) is 3.32. The molecule has 2 aromatic carbocycles. The van der Waals surface area contributed by atoms with Crippen LogP contribution in [0.5, 0.6) is 5.88 Å². The average molecular weight is 365 g/mol. The van der Waals surface area contributed by atoms with Gasteiger partial charge in [0.2, 0.25) is 5.88 Å². The van der Waals surface area contributed by atoms with Gasteiger partial charge < -0.3 is 10.0 Å². The van der Waals surface area contributed by atoms with Gasteiger partial charge in [0.15, 0.2) is 5.69 Å². The molecule has 138 valence electrons. The summed E-state index contributed by atoms with van der Waals surface area (Å²) in [6, 6.07) is 13.5. The van der Waals surface area contributed by atoms with Gasteiger partial charge in [0.1, 0.15) is 5.82 Å². The zero-order valence-corrected chi connectivity index (χ0v) is 14.8. The average Bonchev–Trinajstić information content (AvgIpc) is 2.67. The fraction of sp³-hybridized carbons (Fsp3) is 0.286. The lowest BCUT2D eigenvalue weighted by molar-refractivity contribution is 0.0603. The molecule has 0 radical (unpaired) electrons. The first-order valence-electron chi connectivity index (χ1n) is 9.13. The molecule has 1 fully saturated rings. The Kier molecular flexibility index (Phi) is 4.71. The number of para-hydroxylation sites is 2. The molecular formula is C21H20FN3O2. The van der Waals surface area contributed by atoms with Crippen LogP contribution in [-0.2, 0) is 6.42 Å². The minimum Gasteiger partial charge on any atom is -0.492 e. The number of hydrogen-bond acceptors (Lipinski definition) is 4. The first kappa shape index (κ1) is 17.4. The molecule has 1 atom stereocenters. The number of aromatic nitrogens is 2. The minimum atomic E-state index is -0.353. The van der Waals surface area contributed by atoms with E-state index in [1.54, 1.807) is 29.2 Å². The summed E-state index contributed by atoms with van der Waals surface area (Å²) < 4.78 is 13.5. The Morgan fingerprint density at radius 3 is 2.67 bits per heavy atom. The van der Waals surface area contributed by atoms with Crippen molar-refractivity contribution in [1.82, 2.24) is 14.9 Å². The van der Waals surface area contributed by atoms with Crippen LogP contribution >= 0.6 is 0 Å². The first-order chi connectivity index (χ1) is 13.1. The molecule has 6 heteroatoms. The van der Waals surface area contributed by atoms with Crippen LogP contribution in [0.4, 0.5) is 4.39 Å². The van der Waals surface area contributed by atoms with Crippen molar-refractivity contribution in [3.8, 4) is 5.88 Å². The van der Waals surface area contributed by atoms with Gasteiger partial charge in [-0.1, -0.05) is 24.3 Å². The molecule has 0 saturated carbocycles. The third-order valence-corrected chi connectivity index (χ3v) is 5.00. The van der Waals surface area contributed by atoms with E-state index in [-0.39, 0.29) is 29.3 Å². The van der Waals surface area contributed by atoms with Gasteiger partial charge in [0.25, 0.3) is 5.91 Å². The quantitative estimate of drug-likeness (QED) is 0.768. The summed E-state index contributed by atoms with van der Waals surface area (Å²) in [4.78, 5) is 23.3. The van der Waals surface area contributed by atoms with Crippen molar-refractivity contribution >= 4 is 16.9 Å². The van der Waals surface area contributed by atoms with Crippen LogP contribution in [0.25, 0.3) is 11.0 Å². The summed E-state index contributed by atoms with van der Waals surface area (Å²) in [5.74, 6) is -0.958. The number of aromatic hydroxyl groups is 1. The van der Waals surface area contributed by atoms with Crippen LogP contribution in [0, 0.1) is 5.82 Å². The van der Waals surface area contributed by atoms with E-state index in [2.05, 4.69) is 9.97 Å². The SMILES string of the molecule is O=C(c1nc2ccccc2nc1O)N1CCCCC1Cc1cccc(F)c1. The Labute approximate surface area is 156 Å². The standard InChI is InChI=1S/C21H20FN3O2/c22-15-7-5-6-14(12-15)13-16-8-3-4-11-25(16)21(27)19-20(26)24-18-10-2-1-9-17(18)23-19/h1-2,5-7,9-10,12,16H,3-4,8,11,13H2,(H,24,26). The number of amides is 1. The predicted molar refractivity (Wildman–Crippen MR) is 100.0 cm³/mol. The Morgan fingerprint density at radius 1 is 1.11 bits per heavy atom. The topological polar surface area (TPSA) is 66.3 Å². The number of fused-ring (bicyclic) bond motifs is 1. The molecule has 0 bridgehead atoms. The fourth-order valence-corrected chi connectivity index (χ4v) is 3.69. The number of piperidine rings is 1. The van der Waals surface area contributed by atoms with Crippen molar-refractivity contribution in [3.63, 3.8) is 0 Å². The van der Waals surface area contributed by atoms with Crippen LogP contribution in [0.2, 0.25) is 0 Å². The monoisotopic (exact) mass is 365 g/mol. The van der Waals surface area contributed by atoms with Gasteiger partial charge in [0, 0.05) is 12.6 Å². The molecular weight excluding hydrogens is 345 g/mol. The van der Waals surface area contributed by atoms with Crippen molar-refractivity contribution in [2.75, 3.05) is 6.54 Å². The van der Waals surface area contributed by atoms with Crippen molar-refractivity contribution in [3.05, 3.63) is 65.6 Å². The number of rotatable bonds is 3. The van der Waals surface area contributed by atoms with Crippen molar-refractivity contribution < 1.29 is 14.3 Å². The highest BCUT2D eigenvalue weighted by molar-refractivity contribution is 5.96. The van der Waals surface area contributed by atoms with E-state index in [9.17, 15) is 14.3 Å².